The van der Waals surface area contributed by atoms with Gasteiger partial charge in [-0.3, -0.25) is 0 Å². The van der Waals surface area contributed by atoms with E-state index >= 15 is 0 Å². The number of phenols is 1. The van der Waals surface area contributed by atoms with Gasteiger partial charge in [0.25, 0.3) is 0 Å². The third-order valence-corrected chi connectivity index (χ3v) is 8.77. The van der Waals surface area contributed by atoms with Gasteiger partial charge in [-0.2, -0.15) is 4.68 Å². The second-order valence-corrected chi connectivity index (χ2v) is 11.5. The number of aliphatic hydroxyl groups excluding tert-OH is 1. The fraction of sp³-hybridized carbons (Fsp3) is 0.242. The zero-order valence-electron chi connectivity index (χ0n) is 23.7. The molecule has 10 heteroatoms. The Balaban J connectivity index is 1.26. The smallest absolute Gasteiger partial charge is 0.214 e. The highest BCUT2D eigenvalue weighted by atomic mass is 32.2. The lowest BCUT2D eigenvalue weighted by atomic mass is 9.91. The molecular weight excluding hydrogens is 562 g/mol. The van der Waals surface area contributed by atoms with Crippen LogP contribution in [0, 0.1) is 5.92 Å². The number of benzene rings is 4. The lowest BCUT2D eigenvalue weighted by Crippen LogP contribution is -2.38. The van der Waals surface area contributed by atoms with Gasteiger partial charge >= 0.3 is 0 Å². The highest BCUT2D eigenvalue weighted by Crippen LogP contribution is 2.43. The lowest BCUT2D eigenvalue weighted by Gasteiger charge is -2.41. The van der Waals surface area contributed by atoms with Crippen molar-refractivity contribution in [2.24, 2.45) is 11.7 Å². The van der Waals surface area contributed by atoms with Crippen molar-refractivity contribution >= 4 is 11.8 Å². The minimum Gasteiger partial charge on any atom is -0.508 e. The van der Waals surface area contributed by atoms with Gasteiger partial charge in [0.05, 0.1) is 24.5 Å². The van der Waals surface area contributed by atoms with Gasteiger partial charge in [-0.05, 0) is 62.5 Å². The summed E-state index contributed by atoms with van der Waals surface area (Å²) in [4.78, 5) is 0. The molecule has 4 N–H and O–H groups in total. The molecule has 0 radical (unpaired) electrons. The molecule has 1 fully saturated rings. The van der Waals surface area contributed by atoms with E-state index in [-0.39, 0.29) is 30.5 Å². The number of aromatic hydroxyl groups is 1. The topological polar surface area (TPSA) is 129 Å². The summed E-state index contributed by atoms with van der Waals surface area (Å²) in [6.07, 6.45) is -1.01. The average Bonchev–Trinajstić information content (AvgIpc) is 3.53. The van der Waals surface area contributed by atoms with Gasteiger partial charge in [-0.25, -0.2) is 0 Å². The first-order chi connectivity index (χ1) is 21.0. The number of nitrogens with zero attached hydrogens (tertiary/aromatic N) is 4. The Bertz CT molecular complexity index is 1640. The monoisotopic (exact) mass is 595 g/mol. The van der Waals surface area contributed by atoms with E-state index in [4.69, 9.17) is 15.2 Å². The van der Waals surface area contributed by atoms with Crippen LogP contribution in [0.2, 0.25) is 0 Å². The van der Waals surface area contributed by atoms with E-state index in [9.17, 15) is 10.2 Å². The molecule has 1 saturated heterocycles. The number of phenolic OH excluding ortho intramolecular Hbond substituents is 1. The number of thioether (sulfide) groups is 1. The van der Waals surface area contributed by atoms with Crippen molar-refractivity contribution < 1.29 is 19.7 Å². The summed E-state index contributed by atoms with van der Waals surface area (Å²) in [5.41, 5.74) is 12.8. The molecule has 0 spiro atoms. The van der Waals surface area contributed by atoms with Crippen molar-refractivity contribution in [1.82, 2.24) is 20.2 Å². The summed E-state index contributed by atoms with van der Waals surface area (Å²) in [7, 11) is 0. The van der Waals surface area contributed by atoms with Crippen molar-refractivity contribution in [3.8, 4) is 22.6 Å². The third-order valence-electron chi connectivity index (χ3n) is 7.77. The molecule has 4 atom stereocenters. The minimum atomic E-state index is -0.587. The molecular formula is C33H33N5O4S. The molecule has 2 heterocycles. The van der Waals surface area contributed by atoms with Crippen LogP contribution in [0.4, 0.5) is 0 Å². The fourth-order valence-electron chi connectivity index (χ4n) is 5.29. The number of rotatable bonds is 9. The summed E-state index contributed by atoms with van der Waals surface area (Å²) < 4.78 is 14.9. The van der Waals surface area contributed by atoms with Crippen LogP contribution < -0.4 is 5.73 Å². The van der Waals surface area contributed by atoms with Crippen molar-refractivity contribution in [3.05, 3.63) is 119 Å². The molecule has 220 valence electrons. The number of aliphatic hydroxyl groups is 1. The zero-order chi connectivity index (χ0) is 29.8. The summed E-state index contributed by atoms with van der Waals surface area (Å²) >= 11 is 1.51. The van der Waals surface area contributed by atoms with Gasteiger partial charge in [0.15, 0.2) is 6.29 Å². The molecule has 43 heavy (non-hydrogen) atoms. The number of nitrogens with two attached hydrogens (primary N) is 1. The maximum absolute atomic E-state index is 9.68. The van der Waals surface area contributed by atoms with Crippen LogP contribution >= 0.6 is 11.8 Å². The minimum absolute atomic E-state index is 0.0115. The molecule has 9 nitrogen and oxygen atoms in total. The van der Waals surface area contributed by atoms with Gasteiger partial charge in [0.1, 0.15) is 5.75 Å². The standard InChI is InChI=1S/C33H33N5O4S/c1-21-30(20-43-33-35-36-37-38(33)27-14-16-28(40)17-15-27)41-32(42-31(21)24-8-6-22(19-39)7-9-24)25-12-10-23(11-13-25)29-5-3-2-4-26(29)18-34/h2-17,21,30-32,39-40H,18-20,34H2,1H3/t21-,30+,31+,32+/m0/s1. The molecule has 1 aliphatic rings. The van der Waals surface area contributed by atoms with Crippen LogP contribution in [-0.2, 0) is 22.6 Å². The van der Waals surface area contributed by atoms with Crippen LogP contribution in [0.5, 0.6) is 5.75 Å². The van der Waals surface area contributed by atoms with Crippen molar-refractivity contribution in [2.75, 3.05) is 5.75 Å². The summed E-state index contributed by atoms with van der Waals surface area (Å²) in [6, 6.07) is 31.0. The first kappa shape index (κ1) is 29.0. The van der Waals surface area contributed by atoms with Crippen LogP contribution in [0.15, 0.2) is 102 Å². The first-order valence-corrected chi connectivity index (χ1v) is 15.1. The second kappa shape index (κ2) is 13.1. The normalized spacial score (nSPS) is 20.3. The largest absolute Gasteiger partial charge is 0.508 e. The van der Waals surface area contributed by atoms with E-state index in [0.717, 1.165) is 39.1 Å². The summed E-state index contributed by atoms with van der Waals surface area (Å²) in [6.45, 7) is 2.58. The van der Waals surface area contributed by atoms with Crippen LogP contribution in [0.1, 0.15) is 41.6 Å². The lowest BCUT2D eigenvalue weighted by molar-refractivity contribution is -0.268. The molecule has 0 amide bonds. The van der Waals surface area contributed by atoms with Crippen molar-refractivity contribution in [2.45, 2.75) is 43.7 Å². The number of hydrogen-bond donors (Lipinski definition) is 3. The molecule has 0 unspecified atom stereocenters. The van der Waals surface area contributed by atoms with Crippen molar-refractivity contribution in [3.63, 3.8) is 0 Å². The summed E-state index contributed by atoms with van der Waals surface area (Å²) in [5.74, 6) is 0.778. The zero-order valence-corrected chi connectivity index (χ0v) is 24.5. The Morgan fingerprint density at radius 1 is 0.884 bits per heavy atom. The molecule has 5 aromatic rings. The van der Waals surface area contributed by atoms with E-state index < -0.39 is 6.29 Å². The average molecular weight is 596 g/mol. The maximum atomic E-state index is 9.68. The van der Waals surface area contributed by atoms with Gasteiger partial charge in [-0.15, -0.1) is 5.10 Å². The third kappa shape index (κ3) is 6.34. The molecule has 0 saturated carbocycles. The number of tetrazole rings is 1. The van der Waals surface area contributed by atoms with Crippen LogP contribution in [0.3, 0.4) is 0 Å². The Kier molecular flexibility index (Phi) is 8.82. The maximum Gasteiger partial charge on any atom is 0.214 e. The van der Waals surface area contributed by atoms with Crippen LogP contribution in [0.25, 0.3) is 16.8 Å². The number of ether oxygens (including phenoxy) is 2. The van der Waals surface area contributed by atoms with Crippen molar-refractivity contribution in [1.29, 1.82) is 0 Å². The molecule has 6 rings (SSSR count). The molecule has 0 bridgehead atoms. The SMILES string of the molecule is C[C@H]1[C@@H](CSc2nnnn2-c2ccc(O)cc2)O[C@@H](c2ccc(-c3ccccc3CN)cc2)O[C@H]1c1ccc(CO)cc1. The molecule has 4 aromatic carbocycles. The van der Waals surface area contributed by atoms with E-state index in [2.05, 4.69) is 40.6 Å². The number of aromatic nitrogens is 4. The second-order valence-electron chi connectivity index (χ2n) is 10.5. The Hall–Kier alpha value is -4.06. The summed E-state index contributed by atoms with van der Waals surface area (Å²) in [5, 5.41) is 32.1. The van der Waals surface area contributed by atoms with E-state index in [1.807, 2.05) is 54.6 Å². The predicted octanol–water partition coefficient (Wildman–Crippen LogP) is 5.57. The Morgan fingerprint density at radius 3 is 2.33 bits per heavy atom. The van der Waals surface area contributed by atoms with E-state index in [0.29, 0.717) is 17.5 Å². The molecule has 0 aliphatic carbocycles. The predicted molar refractivity (Wildman–Crippen MR) is 164 cm³/mol. The highest BCUT2D eigenvalue weighted by Gasteiger charge is 2.38. The molecule has 1 aromatic heterocycles. The van der Waals surface area contributed by atoms with E-state index in [1.165, 1.54) is 11.8 Å². The van der Waals surface area contributed by atoms with Gasteiger partial charge in [0.2, 0.25) is 5.16 Å². The van der Waals surface area contributed by atoms with Gasteiger partial charge < -0.3 is 25.4 Å². The van der Waals surface area contributed by atoms with Gasteiger partial charge in [0, 0.05) is 23.8 Å². The van der Waals surface area contributed by atoms with Crippen LogP contribution in [-0.4, -0.2) is 42.3 Å². The highest BCUT2D eigenvalue weighted by molar-refractivity contribution is 7.99. The fourth-order valence-corrected chi connectivity index (χ4v) is 6.34. The molecule has 1 aliphatic heterocycles. The number of hydrogen-bond acceptors (Lipinski definition) is 9. The van der Waals surface area contributed by atoms with E-state index in [1.54, 1.807) is 28.9 Å². The Labute approximate surface area is 254 Å². The quantitative estimate of drug-likeness (QED) is 0.187. The first-order valence-electron chi connectivity index (χ1n) is 14.1. The Morgan fingerprint density at radius 2 is 1.60 bits per heavy atom. The van der Waals surface area contributed by atoms with Gasteiger partial charge in [-0.1, -0.05) is 91.5 Å².